The molecule has 3 heteroatoms. The van der Waals surface area contributed by atoms with Gasteiger partial charge in [-0.15, -0.1) is 11.3 Å². The van der Waals surface area contributed by atoms with Gasteiger partial charge in [-0.05, 0) is 42.7 Å². The molecule has 2 unspecified atom stereocenters. The summed E-state index contributed by atoms with van der Waals surface area (Å²) < 4.78 is 0. The highest BCUT2D eigenvalue weighted by atomic mass is 32.1. The molecule has 1 heterocycles. The van der Waals surface area contributed by atoms with Gasteiger partial charge in [0.2, 0.25) is 0 Å². The van der Waals surface area contributed by atoms with E-state index in [0.717, 1.165) is 12.5 Å². The van der Waals surface area contributed by atoms with Gasteiger partial charge in [0.15, 0.2) is 0 Å². The van der Waals surface area contributed by atoms with E-state index in [4.69, 9.17) is 0 Å². The molecule has 21 heavy (non-hydrogen) atoms. The van der Waals surface area contributed by atoms with Gasteiger partial charge >= 0.3 is 0 Å². The van der Waals surface area contributed by atoms with Gasteiger partial charge in [-0.2, -0.15) is 0 Å². The molecule has 1 N–H and O–H groups in total. The van der Waals surface area contributed by atoms with Gasteiger partial charge in [-0.1, -0.05) is 39.7 Å². The van der Waals surface area contributed by atoms with Crippen molar-refractivity contribution in [3.8, 4) is 0 Å². The second-order valence-corrected chi connectivity index (χ2v) is 8.52. The van der Waals surface area contributed by atoms with Crippen molar-refractivity contribution in [2.75, 3.05) is 20.1 Å². The van der Waals surface area contributed by atoms with Gasteiger partial charge < -0.3 is 10.2 Å². The molecule has 1 aromatic rings. The molecule has 2 nitrogen and oxygen atoms in total. The van der Waals surface area contributed by atoms with Crippen LogP contribution in [0.3, 0.4) is 0 Å². The molecular weight excluding hydrogens is 276 g/mol. The molecule has 1 aliphatic rings. The SMILES string of the molecule is CC1CCCC(CNC(C)C)(CN(C)Cc2cccs2)C1. The van der Waals surface area contributed by atoms with Crippen LogP contribution >= 0.6 is 11.3 Å². The summed E-state index contributed by atoms with van der Waals surface area (Å²) in [5, 5.41) is 5.90. The van der Waals surface area contributed by atoms with Crippen molar-refractivity contribution in [1.82, 2.24) is 10.2 Å². The van der Waals surface area contributed by atoms with E-state index in [1.54, 1.807) is 0 Å². The molecule has 0 radical (unpaired) electrons. The smallest absolute Gasteiger partial charge is 0.0325 e. The van der Waals surface area contributed by atoms with E-state index in [1.165, 1.54) is 43.6 Å². The highest BCUT2D eigenvalue weighted by Crippen LogP contribution is 2.39. The van der Waals surface area contributed by atoms with Crippen molar-refractivity contribution in [2.24, 2.45) is 11.3 Å². The van der Waals surface area contributed by atoms with Crippen molar-refractivity contribution < 1.29 is 0 Å². The van der Waals surface area contributed by atoms with Crippen LogP contribution in [0.1, 0.15) is 51.3 Å². The third-order valence-electron chi connectivity index (χ3n) is 4.68. The summed E-state index contributed by atoms with van der Waals surface area (Å²) in [7, 11) is 2.29. The number of nitrogens with one attached hydrogen (secondary N) is 1. The fourth-order valence-electron chi connectivity index (χ4n) is 3.85. The molecule has 1 aliphatic carbocycles. The van der Waals surface area contributed by atoms with Crippen molar-refractivity contribution >= 4 is 11.3 Å². The molecule has 1 saturated carbocycles. The van der Waals surface area contributed by atoms with Crippen LogP contribution < -0.4 is 5.32 Å². The van der Waals surface area contributed by atoms with E-state index in [1.807, 2.05) is 11.3 Å². The quantitative estimate of drug-likeness (QED) is 0.804. The predicted octanol–water partition coefficient (Wildman–Crippen LogP) is 4.37. The lowest BCUT2D eigenvalue weighted by Gasteiger charge is -2.43. The summed E-state index contributed by atoms with van der Waals surface area (Å²) in [6.45, 7) is 10.4. The lowest BCUT2D eigenvalue weighted by Crippen LogP contribution is -2.46. The second-order valence-electron chi connectivity index (χ2n) is 7.49. The Labute approximate surface area is 134 Å². The van der Waals surface area contributed by atoms with Gasteiger partial charge in [0.25, 0.3) is 0 Å². The van der Waals surface area contributed by atoms with Crippen LogP contribution in [-0.4, -0.2) is 31.1 Å². The Morgan fingerprint density at radius 2 is 2.29 bits per heavy atom. The van der Waals surface area contributed by atoms with Crippen LogP contribution in [0.2, 0.25) is 0 Å². The first-order valence-electron chi connectivity index (χ1n) is 8.43. The molecule has 0 amide bonds. The van der Waals surface area contributed by atoms with E-state index in [-0.39, 0.29) is 0 Å². The Hall–Kier alpha value is -0.380. The van der Waals surface area contributed by atoms with Gasteiger partial charge in [0.05, 0.1) is 0 Å². The van der Waals surface area contributed by atoms with Crippen LogP contribution in [0.4, 0.5) is 0 Å². The zero-order valence-electron chi connectivity index (χ0n) is 14.2. The maximum atomic E-state index is 3.72. The van der Waals surface area contributed by atoms with Crippen molar-refractivity contribution in [2.45, 2.75) is 59.0 Å². The van der Waals surface area contributed by atoms with Crippen molar-refractivity contribution in [3.63, 3.8) is 0 Å². The Bertz CT molecular complexity index is 401. The minimum absolute atomic E-state index is 0.466. The fraction of sp³-hybridized carbons (Fsp3) is 0.778. The third kappa shape index (κ3) is 5.39. The Kier molecular flexibility index (Phi) is 6.27. The number of nitrogens with zero attached hydrogens (tertiary/aromatic N) is 1. The second kappa shape index (κ2) is 7.75. The van der Waals surface area contributed by atoms with Gasteiger partial charge in [0.1, 0.15) is 0 Å². The zero-order chi connectivity index (χ0) is 15.3. The highest BCUT2D eigenvalue weighted by molar-refractivity contribution is 7.09. The zero-order valence-corrected chi connectivity index (χ0v) is 15.0. The van der Waals surface area contributed by atoms with E-state index in [9.17, 15) is 0 Å². The number of thiophene rings is 1. The number of hydrogen-bond donors (Lipinski definition) is 1. The van der Waals surface area contributed by atoms with Crippen LogP contribution in [0.15, 0.2) is 17.5 Å². The normalized spacial score (nSPS) is 26.7. The molecule has 0 aliphatic heterocycles. The fourth-order valence-corrected chi connectivity index (χ4v) is 4.63. The van der Waals surface area contributed by atoms with Crippen LogP contribution in [0.25, 0.3) is 0 Å². The first-order valence-corrected chi connectivity index (χ1v) is 9.31. The monoisotopic (exact) mass is 308 g/mol. The Morgan fingerprint density at radius 1 is 1.48 bits per heavy atom. The Balaban J connectivity index is 1.97. The summed E-state index contributed by atoms with van der Waals surface area (Å²) in [5.74, 6) is 0.878. The minimum atomic E-state index is 0.466. The summed E-state index contributed by atoms with van der Waals surface area (Å²) in [5.41, 5.74) is 0.466. The maximum absolute atomic E-state index is 3.72. The van der Waals surface area contributed by atoms with Crippen LogP contribution in [0.5, 0.6) is 0 Å². The van der Waals surface area contributed by atoms with Crippen molar-refractivity contribution in [3.05, 3.63) is 22.4 Å². The number of hydrogen-bond acceptors (Lipinski definition) is 3. The topological polar surface area (TPSA) is 15.3 Å². The standard InChI is InChI=1S/C18H32N2S/c1-15(2)19-13-18(9-5-7-16(3)11-18)14-20(4)12-17-8-6-10-21-17/h6,8,10,15-16,19H,5,7,9,11-14H2,1-4H3. The Morgan fingerprint density at radius 3 is 2.90 bits per heavy atom. The molecule has 0 aromatic carbocycles. The van der Waals surface area contributed by atoms with E-state index in [0.29, 0.717) is 11.5 Å². The van der Waals surface area contributed by atoms with Crippen LogP contribution in [-0.2, 0) is 6.54 Å². The lowest BCUT2D eigenvalue weighted by molar-refractivity contribution is 0.0873. The van der Waals surface area contributed by atoms with Crippen LogP contribution in [0, 0.1) is 11.3 Å². The molecule has 2 atom stereocenters. The third-order valence-corrected chi connectivity index (χ3v) is 5.54. The highest BCUT2D eigenvalue weighted by Gasteiger charge is 2.35. The van der Waals surface area contributed by atoms with Gasteiger partial charge in [0, 0.05) is 30.6 Å². The summed E-state index contributed by atoms with van der Waals surface area (Å²) in [6, 6.07) is 5.00. The maximum Gasteiger partial charge on any atom is 0.0325 e. The average molecular weight is 309 g/mol. The molecule has 120 valence electrons. The minimum Gasteiger partial charge on any atom is -0.314 e. The largest absolute Gasteiger partial charge is 0.314 e. The van der Waals surface area contributed by atoms with Crippen molar-refractivity contribution in [1.29, 1.82) is 0 Å². The van der Waals surface area contributed by atoms with E-state index < -0.39 is 0 Å². The molecule has 0 saturated heterocycles. The average Bonchev–Trinajstić information content (AvgIpc) is 2.89. The molecular formula is C18H32N2S. The summed E-state index contributed by atoms with van der Waals surface area (Å²) in [6.07, 6.45) is 5.57. The van der Waals surface area contributed by atoms with Gasteiger partial charge in [-0.3, -0.25) is 0 Å². The molecule has 2 rings (SSSR count). The predicted molar refractivity (Wildman–Crippen MR) is 93.9 cm³/mol. The van der Waals surface area contributed by atoms with E-state index in [2.05, 4.69) is 55.5 Å². The molecule has 0 spiro atoms. The van der Waals surface area contributed by atoms with E-state index >= 15 is 0 Å². The first-order chi connectivity index (χ1) is 9.99. The number of rotatable bonds is 7. The molecule has 1 fully saturated rings. The summed E-state index contributed by atoms with van der Waals surface area (Å²) in [4.78, 5) is 4.01. The summed E-state index contributed by atoms with van der Waals surface area (Å²) >= 11 is 1.87. The molecule has 1 aromatic heterocycles. The lowest BCUT2D eigenvalue weighted by atomic mass is 9.69. The molecule has 0 bridgehead atoms. The van der Waals surface area contributed by atoms with Gasteiger partial charge in [-0.25, -0.2) is 0 Å². The first kappa shape index (κ1) is 17.0.